The molecule has 0 unspecified atom stereocenters. The second kappa shape index (κ2) is 6.93. The maximum Gasteiger partial charge on any atom is 0.218 e. The van der Waals surface area contributed by atoms with Gasteiger partial charge in [-0.2, -0.15) is 4.31 Å². The summed E-state index contributed by atoms with van der Waals surface area (Å²) in [6, 6.07) is 16.8. The summed E-state index contributed by atoms with van der Waals surface area (Å²) in [7, 11) is -1.85. The predicted molar refractivity (Wildman–Crippen MR) is 94.3 cm³/mol. The lowest BCUT2D eigenvalue weighted by Gasteiger charge is -2.17. The highest BCUT2D eigenvalue weighted by atomic mass is 32.2. The van der Waals surface area contributed by atoms with E-state index in [1.54, 1.807) is 31.4 Å². The Balaban J connectivity index is 1.76. The molecule has 1 aliphatic rings. The summed E-state index contributed by atoms with van der Waals surface area (Å²) in [6.07, 6.45) is 0. The summed E-state index contributed by atoms with van der Waals surface area (Å²) < 4.78 is 32.2. The van der Waals surface area contributed by atoms with Crippen LogP contribution in [0.5, 0.6) is 5.75 Å². The molecule has 1 heterocycles. The Bertz CT molecular complexity index is 793. The van der Waals surface area contributed by atoms with Crippen molar-refractivity contribution in [2.75, 3.05) is 20.2 Å². The summed E-state index contributed by atoms with van der Waals surface area (Å²) in [6.45, 7) is 0.781. The second-order valence-electron chi connectivity index (χ2n) is 6.11. The number of methoxy groups -OCH3 is 1. The Labute approximate surface area is 143 Å². The maximum atomic E-state index is 12.8. The van der Waals surface area contributed by atoms with Gasteiger partial charge < -0.3 is 10.5 Å². The highest BCUT2D eigenvalue weighted by Gasteiger charge is 2.37. The van der Waals surface area contributed by atoms with Crippen molar-refractivity contribution >= 4 is 10.0 Å². The van der Waals surface area contributed by atoms with Crippen molar-refractivity contribution in [2.24, 2.45) is 5.73 Å². The van der Waals surface area contributed by atoms with Crippen LogP contribution in [-0.2, 0) is 15.8 Å². The van der Waals surface area contributed by atoms with Crippen molar-refractivity contribution in [3.63, 3.8) is 0 Å². The monoisotopic (exact) mass is 346 g/mol. The largest absolute Gasteiger partial charge is 0.497 e. The van der Waals surface area contributed by atoms with E-state index >= 15 is 0 Å². The number of hydrogen-bond acceptors (Lipinski definition) is 4. The van der Waals surface area contributed by atoms with Crippen LogP contribution in [-0.4, -0.2) is 39.0 Å². The molecule has 0 spiro atoms. The van der Waals surface area contributed by atoms with Gasteiger partial charge in [-0.3, -0.25) is 0 Å². The molecule has 2 aromatic carbocycles. The third-order valence-corrected chi connectivity index (χ3v) is 6.22. The van der Waals surface area contributed by atoms with Crippen LogP contribution in [0.3, 0.4) is 0 Å². The fourth-order valence-electron chi connectivity index (χ4n) is 3.14. The zero-order valence-electron chi connectivity index (χ0n) is 13.6. The van der Waals surface area contributed by atoms with Crippen molar-refractivity contribution in [1.29, 1.82) is 0 Å². The lowest BCUT2D eigenvalue weighted by molar-refractivity contribution is 0.414. The van der Waals surface area contributed by atoms with Crippen LogP contribution >= 0.6 is 0 Å². The molecule has 1 saturated heterocycles. The summed E-state index contributed by atoms with van der Waals surface area (Å²) in [5, 5.41) is 0. The van der Waals surface area contributed by atoms with Gasteiger partial charge in [0.05, 0.1) is 12.9 Å². The molecular formula is C18H22N2O3S. The van der Waals surface area contributed by atoms with E-state index in [9.17, 15) is 8.42 Å². The Morgan fingerprint density at radius 3 is 2.58 bits per heavy atom. The van der Waals surface area contributed by atoms with E-state index < -0.39 is 10.0 Å². The van der Waals surface area contributed by atoms with Crippen LogP contribution in [0.4, 0.5) is 0 Å². The van der Waals surface area contributed by atoms with Gasteiger partial charge in [0.15, 0.2) is 0 Å². The molecule has 0 radical (unpaired) electrons. The van der Waals surface area contributed by atoms with Gasteiger partial charge in [-0.25, -0.2) is 8.42 Å². The lowest BCUT2D eigenvalue weighted by atomic mass is 9.95. The Kier molecular flexibility index (Phi) is 4.89. The molecular weight excluding hydrogens is 324 g/mol. The van der Waals surface area contributed by atoms with Crippen molar-refractivity contribution < 1.29 is 13.2 Å². The van der Waals surface area contributed by atoms with Crippen molar-refractivity contribution in [2.45, 2.75) is 17.7 Å². The number of benzene rings is 2. The lowest BCUT2D eigenvalue weighted by Crippen LogP contribution is -2.33. The van der Waals surface area contributed by atoms with E-state index in [1.165, 1.54) is 4.31 Å². The van der Waals surface area contributed by atoms with Gasteiger partial charge in [0.25, 0.3) is 0 Å². The Hall–Kier alpha value is -1.89. The molecule has 0 amide bonds. The van der Waals surface area contributed by atoms with E-state index in [4.69, 9.17) is 10.5 Å². The first-order valence-corrected chi connectivity index (χ1v) is 9.52. The summed E-state index contributed by atoms with van der Waals surface area (Å²) >= 11 is 0. The molecule has 0 bridgehead atoms. The number of sulfonamides is 1. The highest BCUT2D eigenvalue weighted by molar-refractivity contribution is 7.88. The summed E-state index contributed by atoms with van der Waals surface area (Å²) in [5.41, 5.74) is 8.01. The van der Waals surface area contributed by atoms with Gasteiger partial charge >= 0.3 is 0 Å². The number of nitrogens with zero attached hydrogens (tertiary/aromatic N) is 1. The first-order valence-electron chi connectivity index (χ1n) is 7.91. The first kappa shape index (κ1) is 17.0. The van der Waals surface area contributed by atoms with E-state index in [0.29, 0.717) is 24.4 Å². The average Bonchev–Trinajstić information content (AvgIpc) is 2.98. The van der Waals surface area contributed by atoms with Gasteiger partial charge in [0.1, 0.15) is 5.75 Å². The number of nitrogens with two attached hydrogens (primary N) is 1. The second-order valence-corrected chi connectivity index (χ2v) is 8.07. The topological polar surface area (TPSA) is 72.6 Å². The van der Waals surface area contributed by atoms with E-state index in [-0.39, 0.29) is 17.7 Å². The molecule has 2 aromatic rings. The highest BCUT2D eigenvalue weighted by Crippen LogP contribution is 2.29. The van der Waals surface area contributed by atoms with Crippen molar-refractivity contribution in [1.82, 2.24) is 4.31 Å². The first-order chi connectivity index (χ1) is 11.5. The van der Waals surface area contributed by atoms with Crippen molar-refractivity contribution in [3.05, 3.63) is 65.7 Å². The van der Waals surface area contributed by atoms with Crippen LogP contribution in [0.2, 0.25) is 0 Å². The van der Waals surface area contributed by atoms with Gasteiger partial charge in [-0.15, -0.1) is 0 Å². The van der Waals surface area contributed by atoms with Gasteiger partial charge in [-0.05, 0) is 23.3 Å². The maximum absolute atomic E-state index is 12.8. The quantitative estimate of drug-likeness (QED) is 0.898. The SMILES string of the molecule is COc1cccc(CS(=O)(=O)N2C[C@@H](N)[C@H](c3ccccc3)C2)c1. The number of ether oxygens (including phenoxy) is 1. The van der Waals surface area contributed by atoms with Gasteiger partial charge in [-0.1, -0.05) is 42.5 Å². The molecule has 24 heavy (non-hydrogen) atoms. The molecule has 0 saturated carbocycles. The third kappa shape index (κ3) is 3.61. The van der Waals surface area contributed by atoms with Crippen LogP contribution in [0.1, 0.15) is 17.0 Å². The number of hydrogen-bond donors (Lipinski definition) is 1. The zero-order chi connectivity index (χ0) is 17.2. The molecule has 1 aliphatic heterocycles. The van der Waals surface area contributed by atoms with Crippen LogP contribution in [0.25, 0.3) is 0 Å². The van der Waals surface area contributed by atoms with Crippen LogP contribution in [0.15, 0.2) is 54.6 Å². The molecule has 0 aromatic heterocycles. The molecule has 3 rings (SSSR count). The van der Waals surface area contributed by atoms with E-state index in [0.717, 1.165) is 5.56 Å². The van der Waals surface area contributed by atoms with Crippen LogP contribution < -0.4 is 10.5 Å². The minimum atomic E-state index is -3.41. The molecule has 1 fully saturated rings. The van der Waals surface area contributed by atoms with Crippen molar-refractivity contribution in [3.8, 4) is 5.75 Å². The van der Waals surface area contributed by atoms with Gasteiger partial charge in [0, 0.05) is 25.0 Å². The van der Waals surface area contributed by atoms with E-state index in [2.05, 4.69) is 0 Å². The normalized spacial score (nSPS) is 21.8. The molecule has 2 N–H and O–H groups in total. The summed E-state index contributed by atoms with van der Waals surface area (Å²) in [5.74, 6) is 0.646. The molecule has 2 atom stereocenters. The molecule has 5 nitrogen and oxygen atoms in total. The molecule has 6 heteroatoms. The fraction of sp³-hybridized carbons (Fsp3) is 0.333. The van der Waals surface area contributed by atoms with Crippen LogP contribution in [0, 0.1) is 0 Å². The standard InChI is InChI=1S/C18H22N2O3S/c1-23-16-9-5-6-14(10-16)13-24(21,22)20-11-17(18(19)12-20)15-7-3-2-4-8-15/h2-10,17-18H,11-13,19H2,1H3/t17-,18+/m0/s1. The van der Waals surface area contributed by atoms with E-state index in [1.807, 2.05) is 30.3 Å². The van der Waals surface area contributed by atoms with Gasteiger partial charge in [0.2, 0.25) is 10.0 Å². The Morgan fingerprint density at radius 1 is 1.12 bits per heavy atom. The number of rotatable bonds is 5. The molecule has 0 aliphatic carbocycles. The molecule has 128 valence electrons. The summed E-state index contributed by atoms with van der Waals surface area (Å²) in [4.78, 5) is 0. The Morgan fingerprint density at radius 2 is 1.88 bits per heavy atom. The smallest absolute Gasteiger partial charge is 0.218 e. The third-order valence-electron chi connectivity index (χ3n) is 4.44. The average molecular weight is 346 g/mol. The predicted octanol–water partition coefficient (Wildman–Crippen LogP) is 1.95. The minimum Gasteiger partial charge on any atom is -0.497 e. The fourth-order valence-corrected chi connectivity index (χ4v) is 4.71. The minimum absolute atomic E-state index is 0.0336. The zero-order valence-corrected chi connectivity index (χ0v) is 14.4.